The largest absolute Gasteiger partial charge is 0.345 e. The predicted octanol–water partition coefficient (Wildman–Crippen LogP) is 2.06. The Morgan fingerprint density at radius 1 is 1.32 bits per heavy atom. The Morgan fingerprint density at radius 3 is 2.77 bits per heavy atom. The van der Waals surface area contributed by atoms with Crippen molar-refractivity contribution >= 4 is 17.2 Å². The number of aromatic amines is 2. The van der Waals surface area contributed by atoms with Crippen LogP contribution in [0.3, 0.4) is 0 Å². The van der Waals surface area contributed by atoms with Crippen LogP contribution in [0.5, 0.6) is 0 Å². The lowest BCUT2D eigenvalue weighted by molar-refractivity contribution is 0.0951. The fourth-order valence-electron chi connectivity index (χ4n) is 2.23. The van der Waals surface area contributed by atoms with Crippen molar-refractivity contribution in [2.24, 2.45) is 0 Å². The van der Waals surface area contributed by atoms with E-state index in [9.17, 15) is 9.59 Å². The summed E-state index contributed by atoms with van der Waals surface area (Å²) in [6, 6.07) is 9.80. The molecule has 6 nitrogen and oxygen atoms in total. The van der Waals surface area contributed by atoms with E-state index in [1.165, 1.54) is 11.3 Å². The highest BCUT2D eigenvalue weighted by molar-refractivity contribution is 7.10. The number of carbonyl (C=O) groups is 1. The summed E-state index contributed by atoms with van der Waals surface area (Å²) in [7, 11) is 0. The van der Waals surface area contributed by atoms with Crippen LogP contribution in [0.2, 0.25) is 0 Å². The standard InChI is InChI=1S/C15H14N4O2S/c1-9-13(10-5-3-2-4-6-10)11(8-22-9)14(20)16-7-12-17-15(21)19-18-12/h2-6,8H,7H2,1H3,(H,16,20)(H2,17,18,19,21). The summed E-state index contributed by atoms with van der Waals surface area (Å²) in [5.74, 6) is 0.207. The molecular formula is C15H14N4O2S. The maximum atomic E-state index is 12.4. The minimum atomic E-state index is -0.388. The summed E-state index contributed by atoms with van der Waals surface area (Å²) in [6.45, 7) is 2.16. The van der Waals surface area contributed by atoms with Gasteiger partial charge in [0.2, 0.25) is 0 Å². The minimum absolute atomic E-state index is 0.167. The first-order valence-corrected chi connectivity index (χ1v) is 7.58. The zero-order chi connectivity index (χ0) is 15.5. The summed E-state index contributed by atoms with van der Waals surface area (Å²) in [4.78, 5) is 26.9. The number of hydrogen-bond donors (Lipinski definition) is 3. The summed E-state index contributed by atoms with van der Waals surface area (Å²) in [6.07, 6.45) is 0. The monoisotopic (exact) mass is 314 g/mol. The van der Waals surface area contributed by atoms with Crippen molar-refractivity contribution in [1.82, 2.24) is 20.5 Å². The molecule has 0 spiro atoms. The summed E-state index contributed by atoms with van der Waals surface area (Å²) in [5.41, 5.74) is 2.20. The van der Waals surface area contributed by atoms with Crippen molar-refractivity contribution in [3.63, 3.8) is 0 Å². The van der Waals surface area contributed by atoms with Gasteiger partial charge in [0, 0.05) is 15.8 Å². The van der Waals surface area contributed by atoms with Crippen molar-refractivity contribution in [3.05, 3.63) is 62.5 Å². The number of nitrogens with one attached hydrogen (secondary N) is 3. The van der Waals surface area contributed by atoms with Crippen molar-refractivity contribution < 1.29 is 4.79 Å². The Balaban J connectivity index is 1.83. The first-order chi connectivity index (χ1) is 10.6. The second kappa shape index (κ2) is 5.98. The number of carbonyl (C=O) groups excluding carboxylic acids is 1. The number of hydrogen-bond acceptors (Lipinski definition) is 4. The van der Waals surface area contributed by atoms with Crippen molar-refractivity contribution in [1.29, 1.82) is 0 Å². The smallest absolute Gasteiger partial charge is 0.340 e. The molecule has 22 heavy (non-hydrogen) atoms. The van der Waals surface area contributed by atoms with Gasteiger partial charge in [-0.1, -0.05) is 30.3 Å². The van der Waals surface area contributed by atoms with E-state index in [4.69, 9.17) is 0 Å². The molecule has 0 aliphatic heterocycles. The van der Waals surface area contributed by atoms with Gasteiger partial charge in [-0.05, 0) is 12.5 Å². The molecule has 1 amide bonds. The number of amides is 1. The number of aryl methyl sites for hydroxylation is 1. The van der Waals surface area contributed by atoms with E-state index in [1.807, 2.05) is 42.6 Å². The van der Waals surface area contributed by atoms with E-state index in [-0.39, 0.29) is 18.1 Å². The van der Waals surface area contributed by atoms with Crippen molar-refractivity contribution in [2.45, 2.75) is 13.5 Å². The normalized spacial score (nSPS) is 10.6. The number of rotatable bonds is 4. The third kappa shape index (κ3) is 2.84. The molecule has 0 saturated carbocycles. The van der Waals surface area contributed by atoms with Crippen LogP contribution in [0.25, 0.3) is 11.1 Å². The Bertz CT molecular complexity index is 848. The van der Waals surface area contributed by atoms with Gasteiger partial charge < -0.3 is 5.32 Å². The molecule has 7 heteroatoms. The number of H-pyrrole nitrogens is 2. The van der Waals surface area contributed by atoms with Crippen LogP contribution in [-0.2, 0) is 6.54 Å². The zero-order valence-corrected chi connectivity index (χ0v) is 12.7. The first-order valence-electron chi connectivity index (χ1n) is 6.70. The van der Waals surface area contributed by atoms with Crippen LogP contribution < -0.4 is 11.0 Å². The van der Waals surface area contributed by atoms with E-state index in [0.717, 1.165) is 16.0 Å². The van der Waals surface area contributed by atoms with Gasteiger partial charge in [-0.2, -0.15) is 5.10 Å². The van der Waals surface area contributed by atoms with E-state index in [2.05, 4.69) is 20.5 Å². The van der Waals surface area contributed by atoms with Gasteiger partial charge in [0.1, 0.15) is 5.82 Å². The third-order valence-corrected chi connectivity index (χ3v) is 4.16. The van der Waals surface area contributed by atoms with E-state index in [1.54, 1.807) is 0 Å². The molecule has 112 valence electrons. The van der Waals surface area contributed by atoms with E-state index in [0.29, 0.717) is 11.4 Å². The molecule has 3 N–H and O–H groups in total. The Kier molecular flexibility index (Phi) is 3.88. The van der Waals surface area contributed by atoms with Crippen LogP contribution in [-0.4, -0.2) is 21.1 Å². The number of nitrogens with zero attached hydrogens (tertiary/aromatic N) is 1. The van der Waals surface area contributed by atoms with Gasteiger partial charge in [0.05, 0.1) is 12.1 Å². The maximum Gasteiger partial charge on any atom is 0.340 e. The second-order valence-electron chi connectivity index (χ2n) is 4.75. The Morgan fingerprint density at radius 2 is 2.09 bits per heavy atom. The van der Waals surface area contributed by atoms with Crippen molar-refractivity contribution in [3.8, 4) is 11.1 Å². The average molecular weight is 314 g/mol. The highest BCUT2D eigenvalue weighted by Crippen LogP contribution is 2.32. The summed E-state index contributed by atoms with van der Waals surface area (Å²) < 4.78 is 0. The van der Waals surface area contributed by atoms with Crippen LogP contribution in [0.4, 0.5) is 0 Å². The average Bonchev–Trinajstić information content (AvgIpc) is 3.11. The molecule has 0 bridgehead atoms. The van der Waals surface area contributed by atoms with E-state index < -0.39 is 0 Å². The van der Waals surface area contributed by atoms with Gasteiger partial charge in [-0.15, -0.1) is 11.3 Å². The number of thiophene rings is 1. The lowest BCUT2D eigenvalue weighted by atomic mass is 10.0. The van der Waals surface area contributed by atoms with Gasteiger partial charge in [-0.25, -0.2) is 9.89 Å². The zero-order valence-electron chi connectivity index (χ0n) is 11.8. The van der Waals surface area contributed by atoms with Gasteiger partial charge in [-0.3, -0.25) is 9.78 Å². The maximum absolute atomic E-state index is 12.4. The molecule has 3 rings (SSSR count). The van der Waals surface area contributed by atoms with Crippen LogP contribution in [0.1, 0.15) is 21.1 Å². The molecule has 2 aromatic heterocycles. The van der Waals surface area contributed by atoms with Crippen molar-refractivity contribution in [2.75, 3.05) is 0 Å². The molecular weight excluding hydrogens is 300 g/mol. The summed E-state index contributed by atoms with van der Waals surface area (Å²) >= 11 is 1.54. The Hall–Kier alpha value is -2.67. The third-order valence-electron chi connectivity index (χ3n) is 3.25. The molecule has 3 aromatic rings. The SMILES string of the molecule is Cc1scc(C(=O)NCc2n[nH]c(=O)[nH]2)c1-c1ccccc1. The second-order valence-corrected chi connectivity index (χ2v) is 5.84. The first kappa shape index (κ1) is 14.3. The number of benzene rings is 1. The molecule has 2 heterocycles. The van der Waals surface area contributed by atoms with Gasteiger partial charge in [0.25, 0.3) is 5.91 Å². The molecule has 0 radical (unpaired) electrons. The molecule has 0 unspecified atom stereocenters. The van der Waals surface area contributed by atoms with Gasteiger partial charge in [0.15, 0.2) is 0 Å². The Labute approximate surface area is 130 Å². The number of aromatic nitrogens is 3. The van der Waals surface area contributed by atoms with Crippen LogP contribution >= 0.6 is 11.3 Å². The van der Waals surface area contributed by atoms with Gasteiger partial charge >= 0.3 is 5.69 Å². The topological polar surface area (TPSA) is 90.6 Å². The molecule has 0 saturated heterocycles. The minimum Gasteiger partial charge on any atom is -0.345 e. The molecule has 0 atom stereocenters. The fourth-order valence-corrected chi connectivity index (χ4v) is 3.10. The highest BCUT2D eigenvalue weighted by atomic mass is 32.1. The molecule has 0 fully saturated rings. The fraction of sp³-hybridized carbons (Fsp3) is 0.133. The van der Waals surface area contributed by atoms with Crippen LogP contribution in [0.15, 0.2) is 40.5 Å². The molecule has 0 aliphatic rings. The molecule has 1 aromatic carbocycles. The summed E-state index contributed by atoms with van der Waals surface area (Å²) in [5, 5.41) is 10.6. The highest BCUT2D eigenvalue weighted by Gasteiger charge is 2.17. The lowest BCUT2D eigenvalue weighted by Gasteiger charge is -2.06. The predicted molar refractivity (Wildman–Crippen MR) is 84.9 cm³/mol. The molecule has 0 aliphatic carbocycles. The quantitative estimate of drug-likeness (QED) is 0.688. The van der Waals surface area contributed by atoms with Crippen LogP contribution in [0, 0.1) is 6.92 Å². The van der Waals surface area contributed by atoms with E-state index >= 15 is 0 Å². The lowest BCUT2D eigenvalue weighted by Crippen LogP contribution is -2.23.